The van der Waals surface area contributed by atoms with E-state index in [0.717, 1.165) is 11.1 Å². The fourth-order valence-electron chi connectivity index (χ4n) is 1.85. The molecule has 0 unspecified atom stereocenters. The number of carbonyl (C=O) groups excluding carboxylic acids is 1. The lowest BCUT2D eigenvalue weighted by Crippen LogP contribution is -2.21. The van der Waals surface area contributed by atoms with E-state index in [9.17, 15) is 9.90 Å². The fourth-order valence-corrected chi connectivity index (χ4v) is 1.85. The van der Waals surface area contributed by atoms with Crippen LogP contribution >= 0.6 is 0 Å². The Labute approximate surface area is 123 Å². The van der Waals surface area contributed by atoms with Gasteiger partial charge in [0.25, 0.3) is 0 Å². The van der Waals surface area contributed by atoms with Crippen molar-refractivity contribution >= 4 is 18.1 Å². The molecule has 0 N–H and O–H groups in total. The lowest BCUT2D eigenvalue weighted by Gasteiger charge is -2.06. The van der Waals surface area contributed by atoms with Crippen LogP contribution in [0.15, 0.2) is 42.5 Å². The first-order valence-corrected chi connectivity index (χ1v) is 6.35. The number of carbonyl (C=O) groups is 1. The molecule has 4 nitrogen and oxygen atoms in total. The van der Waals surface area contributed by atoms with Crippen molar-refractivity contribution in [1.82, 2.24) is 0 Å². The largest absolute Gasteiger partial charge is 0.545 e. The molecule has 0 aromatic heterocycles. The number of carboxylic acid groups (broad SMARTS) is 1. The summed E-state index contributed by atoms with van der Waals surface area (Å²) in [6.45, 7) is 0. The molecule has 0 aliphatic rings. The van der Waals surface area contributed by atoms with Crippen molar-refractivity contribution in [1.29, 1.82) is 0 Å². The SMILES string of the molecule is COc1cc(/C=C\c2ccc(C(=O)[O-])cc2)cc(OC)c1. The van der Waals surface area contributed by atoms with Gasteiger partial charge in [0.15, 0.2) is 0 Å². The van der Waals surface area contributed by atoms with Crippen molar-refractivity contribution in [3.63, 3.8) is 0 Å². The minimum atomic E-state index is -1.18. The molecule has 4 heteroatoms. The highest BCUT2D eigenvalue weighted by Gasteiger charge is 1.99. The number of methoxy groups -OCH3 is 2. The third-order valence-electron chi connectivity index (χ3n) is 2.99. The third-order valence-corrected chi connectivity index (χ3v) is 2.99. The Hall–Kier alpha value is -2.75. The number of rotatable bonds is 5. The van der Waals surface area contributed by atoms with E-state index < -0.39 is 5.97 Å². The number of hydrogen-bond donors (Lipinski definition) is 0. The quantitative estimate of drug-likeness (QED) is 0.790. The Morgan fingerprint density at radius 2 is 1.43 bits per heavy atom. The maximum Gasteiger partial charge on any atom is 0.123 e. The third kappa shape index (κ3) is 3.86. The molecule has 0 atom stereocenters. The van der Waals surface area contributed by atoms with Gasteiger partial charge in [-0.3, -0.25) is 0 Å². The average Bonchev–Trinajstić information content (AvgIpc) is 2.52. The number of aromatic carboxylic acids is 1. The van der Waals surface area contributed by atoms with E-state index in [1.54, 1.807) is 32.4 Å². The van der Waals surface area contributed by atoms with Gasteiger partial charge in [0, 0.05) is 6.07 Å². The standard InChI is InChI=1S/C17H16O4/c1-20-15-9-13(10-16(11-15)21-2)4-3-12-5-7-14(8-6-12)17(18)19/h3-11H,1-2H3,(H,18,19)/p-1/b4-3-. The van der Waals surface area contributed by atoms with E-state index in [1.807, 2.05) is 24.3 Å². The van der Waals surface area contributed by atoms with E-state index in [0.29, 0.717) is 11.5 Å². The average molecular weight is 283 g/mol. The molecule has 0 heterocycles. The predicted molar refractivity (Wildman–Crippen MR) is 79.2 cm³/mol. The second kappa shape index (κ2) is 6.61. The molecule has 2 aromatic carbocycles. The first-order chi connectivity index (χ1) is 10.1. The molecule has 0 radical (unpaired) electrons. The van der Waals surface area contributed by atoms with Crippen LogP contribution in [0.5, 0.6) is 11.5 Å². The molecule has 0 amide bonds. The highest BCUT2D eigenvalue weighted by atomic mass is 16.5. The zero-order valence-corrected chi connectivity index (χ0v) is 11.8. The first kappa shape index (κ1) is 14.7. The zero-order valence-electron chi connectivity index (χ0n) is 11.8. The number of carboxylic acids is 1. The van der Waals surface area contributed by atoms with E-state index in [-0.39, 0.29) is 5.56 Å². The van der Waals surface area contributed by atoms with Gasteiger partial charge in [0.05, 0.1) is 20.2 Å². The van der Waals surface area contributed by atoms with Crippen LogP contribution in [0.4, 0.5) is 0 Å². The first-order valence-electron chi connectivity index (χ1n) is 6.35. The number of ether oxygens (including phenoxy) is 2. The van der Waals surface area contributed by atoms with Crippen LogP contribution in [0, 0.1) is 0 Å². The van der Waals surface area contributed by atoms with Crippen LogP contribution in [0.2, 0.25) is 0 Å². The lowest BCUT2D eigenvalue weighted by atomic mass is 10.1. The van der Waals surface area contributed by atoms with Gasteiger partial charge < -0.3 is 19.4 Å². The molecule has 0 saturated carbocycles. The van der Waals surface area contributed by atoms with Crippen molar-refractivity contribution in [2.45, 2.75) is 0 Å². The highest BCUT2D eigenvalue weighted by molar-refractivity contribution is 5.86. The van der Waals surface area contributed by atoms with Crippen molar-refractivity contribution < 1.29 is 19.4 Å². The molecular weight excluding hydrogens is 268 g/mol. The van der Waals surface area contributed by atoms with Crippen molar-refractivity contribution in [2.24, 2.45) is 0 Å². The normalized spacial score (nSPS) is 10.6. The Bertz CT molecular complexity index is 635. The smallest absolute Gasteiger partial charge is 0.123 e. The summed E-state index contributed by atoms with van der Waals surface area (Å²) >= 11 is 0. The Balaban J connectivity index is 2.22. The van der Waals surface area contributed by atoms with Crippen LogP contribution in [0.3, 0.4) is 0 Å². The van der Waals surface area contributed by atoms with Gasteiger partial charge in [0.1, 0.15) is 11.5 Å². The summed E-state index contributed by atoms with van der Waals surface area (Å²) < 4.78 is 10.4. The van der Waals surface area contributed by atoms with Gasteiger partial charge in [-0.05, 0) is 28.8 Å². The van der Waals surface area contributed by atoms with E-state index in [1.165, 1.54) is 12.1 Å². The van der Waals surface area contributed by atoms with Gasteiger partial charge in [-0.2, -0.15) is 0 Å². The Morgan fingerprint density at radius 1 is 0.905 bits per heavy atom. The summed E-state index contributed by atoms with van der Waals surface area (Å²) in [6.07, 6.45) is 3.78. The molecule has 0 saturated heterocycles. The van der Waals surface area contributed by atoms with E-state index >= 15 is 0 Å². The summed E-state index contributed by atoms with van der Waals surface area (Å²) in [5.74, 6) is 0.241. The molecule has 0 bridgehead atoms. The van der Waals surface area contributed by atoms with Crippen LogP contribution in [0.25, 0.3) is 12.2 Å². The molecular formula is C17H15O4-. The van der Waals surface area contributed by atoms with Gasteiger partial charge in [-0.25, -0.2) is 0 Å². The van der Waals surface area contributed by atoms with Crippen LogP contribution in [-0.4, -0.2) is 20.2 Å². The zero-order chi connectivity index (χ0) is 15.2. The Kier molecular flexibility index (Phi) is 4.61. The van der Waals surface area contributed by atoms with Crippen LogP contribution in [0.1, 0.15) is 21.5 Å². The molecule has 21 heavy (non-hydrogen) atoms. The van der Waals surface area contributed by atoms with Crippen molar-refractivity contribution in [2.75, 3.05) is 14.2 Å². The van der Waals surface area contributed by atoms with Crippen molar-refractivity contribution in [3.8, 4) is 11.5 Å². The molecule has 0 aliphatic heterocycles. The fraction of sp³-hybridized carbons (Fsp3) is 0.118. The molecule has 0 aliphatic carbocycles. The highest BCUT2D eigenvalue weighted by Crippen LogP contribution is 2.23. The van der Waals surface area contributed by atoms with Gasteiger partial charge in [-0.1, -0.05) is 36.4 Å². The summed E-state index contributed by atoms with van der Waals surface area (Å²) in [4.78, 5) is 10.7. The molecule has 0 spiro atoms. The molecule has 2 rings (SSSR count). The molecule has 0 fully saturated rings. The monoisotopic (exact) mass is 283 g/mol. The predicted octanol–water partition coefficient (Wildman–Crippen LogP) is 2.24. The van der Waals surface area contributed by atoms with Gasteiger partial charge >= 0.3 is 0 Å². The maximum atomic E-state index is 10.7. The number of hydrogen-bond acceptors (Lipinski definition) is 4. The van der Waals surface area contributed by atoms with Crippen LogP contribution in [-0.2, 0) is 0 Å². The maximum absolute atomic E-state index is 10.7. The second-order valence-corrected chi connectivity index (χ2v) is 4.39. The van der Waals surface area contributed by atoms with E-state index in [4.69, 9.17) is 9.47 Å². The topological polar surface area (TPSA) is 58.6 Å². The van der Waals surface area contributed by atoms with Crippen LogP contribution < -0.4 is 14.6 Å². The minimum Gasteiger partial charge on any atom is -0.545 e. The summed E-state index contributed by atoms with van der Waals surface area (Å²) in [7, 11) is 3.20. The summed E-state index contributed by atoms with van der Waals surface area (Å²) in [5.41, 5.74) is 1.98. The summed E-state index contributed by atoms with van der Waals surface area (Å²) in [5, 5.41) is 10.7. The summed E-state index contributed by atoms with van der Waals surface area (Å²) in [6, 6.07) is 12.0. The Morgan fingerprint density at radius 3 is 1.90 bits per heavy atom. The van der Waals surface area contributed by atoms with E-state index in [2.05, 4.69) is 0 Å². The molecule has 2 aromatic rings. The van der Waals surface area contributed by atoms with Gasteiger partial charge in [-0.15, -0.1) is 0 Å². The minimum absolute atomic E-state index is 0.162. The van der Waals surface area contributed by atoms with Crippen molar-refractivity contribution in [3.05, 3.63) is 59.2 Å². The molecule has 108 valence electrons. The van der Waals surface area contributed by atoms with Gasteiger partial charge in [0.2, 0.25) is 0 Å². The number of benzene rings is 2. The second-order valence-electron chi connectivity index (χ2n) is 4.39. The lowest BCUT2D eigenvalue weighted by molar-refractivity contribution is -0.255.